The van der Waals surface area contributed by atoms with Gasteiger partial charge in [0.2, 0.25) is 0 Å². The summed E-state index contributed by atoms with van der Waals surface area (Å²) in [5.74, 6) is 0.551. The first-order chi connectivity index (χ1) is 8.52. The SMILES string of the molecule is CNc1cnc(C(=O)N2CCOC(C)(C)C2)cn1. The summed E-state index contributed by atoms with van der Waals surface area (Å²) in [6.45, 7) is 5.67. The fraction of sp³-hybridized carbons (Fsp3) is 0.583. The third kappa shape index (κ3) is 2.76. The maximum Gasteiger partial charge on any atom is 0.274 e. The molecule has 1 aromatic rings. The van der Waals surface area contributed by atoms with E-state index in [9.17, 15) is 4.79 Å². The smallest absolute Gasteiger partial charge is 0.274 e. The zero-order valence-electron chi connectivity index (χ0n) is 10.9. The van der Waals surface area contributed by atoms with Gasteiger partial charge < -0.3 is 15.0 Å². The molecule has 2 rings (SSSR count). The van der Waals surface area contributed by atoms with Crippen LogP contribution in [0.3, 0.4) is 0 Å². The van der Waals surface area contributed by atoms with Gasteiger partial charge in [0.25, 0.3) is 5.91 Å². The van der Waals surface area contributed by atoms with E-state index in [0.29, 0.717) is 31.2 Å². The number of amides is 1. The van der Waals surface area contributed by atoms with E-state index in [1.54, 1.807) is 18.1 Å². The number of morpholine rings is 1. The van der Waals surface area contributed by atoms with Crippen molar-refractivity contribution in [1.29, 1.82) is 0 Å². The quantitative estimate of drug-likeness (QED) is 0.839. The van der Waals surface area contributed by atoms with E-state index in [-0.39, 0.29) is 11.5 Å². The standard InChI is InChI=1S/C12H18N4O2/c1-12(2)8-16(4-5-18-12)11(17)9-6-15-10(13-3)7-14-9/h6-7H,4-5,8H2,1-3H3,(H,13,15). The largest absolute Gasteiger partial charge is 0.372 e. The van der Waals surface area contributed by atoms with Crippen molar-refractivity contribution in [3.8, 4) is 0 Å². The second-order valence-corrected chi connectivity index (χ2v) is 4.87. The highest BCUT2D eigenvalue weighted by molar-refractivity contribution is 5.92. The number of aromatic nitrogens is 2. The molecule has 1 aliphatic rings. The minimum Gasteiger partial charge on any atom is -0.372 e. The van der Waals surface area contributed by atoms with Crippen molar-refractivity contribution < 1.29 is 9.53 Å². The normalized spacial score (nSPS) is 18.5. The molecule has 0 aliphatic carbocycles. The Morgan fingerprint density at radius 1 is 1.44 bits per heavy atom. The molecule has 2 heterocycles. The van der Waals surface area contributed by atoms with Crippen molar-refractivity contribution in [2.75, 3.05) is 32.1 Å². The molecule has 1 fully saturated rings. The number of hydrogen-bond donors (Lipinski definition) is 1. The van der Waals surface area contributed by atoms with Crippen molar-refractivity contribution in [2.45, 2.75) is 19.4 Å². The van der Waals surface area contributed by atoms with E-state index in [0.717, 1.165) is 0 Å². The molecule has 1 aromatic heterocycles. The molecule has 0 atom stereocenters. The van der Waals surface area contributed by atoms with Crippen molar-refractivity contribution >= 4 is 11.7 Å². The lowest BCUT2D eigenvalue weighted by atomic mass is 10.1. The molecule has 0 unspecified atom stereocenters. The first-order valence-electron chi connectivity index (χ1n) is 5.95. The Morgan fingerprint density at radius 2 is 2.22 bits per heavy atom. The molecular weight excluding hydrogens is 232 g/mol. The van der Waals surface area contributed by atoms with Crippen LogP contribution in [0.25, 0.3) is 0 Å². The summed E-state index contributed by atoms with van der Waals surface area (Å²) in [4.78, 5) is 22.2. The second kappa shape index (κ2) is 4.89. The Kier molecular flexibility index (Phi) is 3.47. The highest BCUT2D eigenvalue weighted by atomic mass is 16.5. The lowest BCUT2D eigenvalue weighted by molar-refractivity contribution is -0.0765. The van der Waals surface area contributed by atoms with E-state index < -0.39 is 0 Å². The molecule has 18 heavy (non-hydrogen) atoms. The predicted molar refractivity (Wildman–Crippen MR) is 67.5 cm³/mol. The van der Waals surface area contributed by atoms with Gasteiger partial charge in [-0.05, 0) is 13.8 Å². The molecule has 1 N–H and O–H groups in total. The summed E-state index contributed by atoms with van der Waals surface area (Å²) in [5.41, 5.74) is 0.0680. The van der Waals surface area contributed by atoms with Gasteiger partial charge in [-0.1, -0.05) is 0 Å². The molecule has 1 saturated heterocycles. The van der Waals surface area contributed by atoms with Gasteiger partial charge in [0.15, 0.2) is 0 Å². The fourth-order valence-electron chi connectivity index (χ4n) is 1.92. The Hall–Kier alpha value is -1.69. The molecule has 98 valence electrons. The maximum absolute atomic E-state index is 12.2. The van der Waals surface area contributed by atoms with Crippen molar-refractivity contribution in [3.63, 3.8) is 0 Å². The van der Waals surface area contributed by atoms with Crippen LogP contribution in [0, 0.1) is 0 Å². The zero-order chi connectivity index (χ0) is 13.2. The van der Waals surface area contributed by atoms with Crippen molar-refractivity contribution in [2.24, 2.45) is 0 Å². The molecule has 1 aliphatic heterocycles. The van der Waals surface area contributed by atoms with Gasteiger partial charge in [0.05, 0.1) is 24.6 Å². The van der Waals surface area contributed by atoms with Gasteiger partial charge in [-0.25, -0.2) is 9.97 Å². The van der Waals surface area contributed by atoms with Gasteiger partial charge in [-0.3, -0.25) is 4.79 Å². The van der Waals surface area contributed by atoms with Crippen LogP contribution in [-0.4, -0.2) is 53.1 Å². The van der Waals surface area contributed by atoms with Crippen LogP contribution >= 0.6 is 0 Å². The molecule has 0 bridgehead atoms. The molecule has 6 nitrogen and oxygen atoms in total. The number of ether oxygens (including phenoxy) is 1. The van der Waals surface area contributed by atoms with Crippen LogP contribution in [0.1, 0.15) is 24.3 Å². The van der Waals surface area contributed by atoms with Crippen LogP contribution in [0.2, 0.25) is 0 Å². The summed E-state index contributed by atoms with van der Waals surface area (Å²) >= 11 is 0. The summed E-state index contributed by atoms with van der Waals surface area (Å²) in [5, 5.41) is 2.87. The topological polar surface area (TPSA) is 67.4 Å². The maximum atomic E-state index is 12.2. The summed E-state index contributed by atoms with van der Waals surface area (Å²) in [7, 11) is 1.76. The monoisotopic (exact) mass is 250 g/mol. The van der Waals surface area contributed by atoms with Crippen LogP contribution in [-0.2, 0) is 4.74 Å². The highest BCUT2D eigenvalue weighted by Crippen LogP contribution is 2.17. The molecule has 0 radical (unpaired) electrons. The number of hydrogen-bond acceptors (Lipinski definition) is 5. The molecular formula is C12H18N4O2. The average molecular weight is 250 g/mol. The minimum atomic E-state index is -0.299. The van der Waals surface area contributed by atoms with E-state index in [1.807, 2.05) is 13.8 Å². The third-order valence-electron chi connectivity index (χ3n) is 2.84. The molecule has 0 spiro atoms. The number of carbonyl (C=O) groups excluding carboxylic acids is 1. The third-order valence-corrected chi connectivity index (χ3v) is 2.84. The van der Waals surface area contributed by atoms with E-state index >= 15 is 0 Å². The Bertz CT molecular complexity index is 430. The number of rotatable bonds is 2. The fourth-order valence-corrected chi connectivity index (χ4v) is 1.92. The van der Waals surface area contributed by atoms with Gasteiger partial charge in [0.1, 0.15) is 11.5 Å². The minimum absolute atomic E-state index is 0.0958. The first-order valence-corrected chi connectivity index (χ1v) is 5.95. The van der Waals surface area contributed by atoms with E-state index in [2.05, 4.69) is 15.3 Å². The molecule has 0 saturated carbocycles. The van der Waals surface area contributed by atoms with Crippen molar-refractivity contribution in [1.82, 2.24) is 14.9 Å². The summed E-state index contributed by atoms with van der Waals surface area (Å²) in [6.07, 6.45) is 3.05. The van der Waals surface area contributed by atoms with E-state index in [1.165, 1.54) is 6.20 Å². The number of carbonyl (C=O) groups is 1. The van der Waals surface area contributed by atoms with E-state index in [4.69, 9.17) is 4.74 Å². The zero-order valence-corrected chi connectivity index (χ0v) is 10.9. The van der Waals surface area contributed by atoms with Gasteiger partial charge in [-0.15, -0.1) is 0 Å². The van der Waals surface area contributed by atoms with Crippen molar-refractivity contribution in [3.05, 3.63) is 18.1 Å². The first kappa shape index (κ1) is 12.8. The number of anilines is 1. The second-order valence-electron chi connectivity index (χ2n) is 4.87. The lowest BCUT2D eigenvalue weighted by Crippen LogP contribution is -2.50. The molecule has 0 aromatic carbocycles. The Balaban J connectivity index is 2.10. The Morgan fingerprint density at radius 3 is 2.78 bits per heavy atom. The van der Waals surface area contributed by atoms with Crippen LogP contribution in [0.15, 0.2) is 12.4 Å². The average Bonchev–Trinajstić information content (AvgIpc) is 2.37. The van der Waals surface area contributed by atoms with Gasteiger partial charge in [-0.2, -0.15) is 0 Å². The Labute approximate surface area is 106 Å². The number of nitrogens with zero attached hydrogens (tertiary/aromatic N) is 3. The summed E-state index contributed by atoms with van der Waals surface area (Å²) in [6, 6.07) is 0. The van der Waals surface area contributed by atoms with Gasteiger partial charge in [0, 0.05) is 20.1 Å². The molecule has 6 heteroatoms. The van der Waals surface area contributed by atoms with Crippen LogP contribution in [0.4, 0.5) is 5.82 Å². The molecule has 1 amide bonds. The van der Waals surface area contributed by atoms with Crippen LogP contribution in [0.5, 0.6) is 0 Å². The predicted octanol–water partition coefficient (Wildman–Crippen LogP) is 0.769. The number of nitrogens with one attached hydrogen (secondary N) is 1. The lowest BCUT2D eigenvalue weighted by Gasteiger charge is -2.37. The van der Waals surface area contributed by atoms with Gasteiger partial charge >= 0.3 is 0 Å². The summed E-state index contributed by atoms with van der Waals surface area (Å²) < 4.78 is 5.58. The highest BCUT2D eigenvalue weighted by Gasteiger charge is 2.30. The van der Waals surface area contributed by atoms with Crippen LogP contribution < -0.4 is 5.32 Å².